The fraction of sp³-hybridized carbons (Fsp3) is 0.250. The molecule has 0 radical (unpaired) electrons. The molecule has 0 atom stereocenters. The summed E-state index contributed by atoms with van der Waals surface area (Å²) in [6.45, 7) is 0.250. The first-order valence-electron chi connectivity index (χ1n) is 9.54. The van der Waals surface area contributed by atoms with E-state index in [2.05, 4.69) is 15.5 Å². The highest BCUT2D eigenvalue weighted by Crippen LogP contribution is 2.41. The molecule has 1 saturated carbocycles. The molecule has 0 spiro atoms. The molecule has 11 heteroatoms. The third-order valence-electron chi connectivity index (χ3n) is 4.77. The Labute approximate surface area is 183 Å². The van der Waals surface area contributed by atoms with Crippen molar-refractivity contribution >= 4 is 27.7 Å². The number of nitrogens with two attached hydrogens (primary N) is 1. The summed E-state index contributed by atoms with van der Waals surface area (Å²) >= 11 is 1.24. The van der Waals surface area contributed by atoms with Crippen LogP contribution >= 0.6 is 11.8 Å². The molecule has 3 N–H and O–H groups in total. The maximum atomic E-state index is 14.2. The van der Waals surface area contributed by atoms with Gasteiger partial charge >= 0.3 is 0 Å². The molecule has 0 saturated heterocycles. The number of nitrogens with zero attached hydrogens (tertiary/aromatic N) is 3. The van der Waals surface area contributed by atoms with E-state index in [4.69, 9.17) is 5.14 Å². The zero-order valence-corrected chi connectivity index (χ0v) is 18.0. The van der Waals surface area contributed by atoms with Gasteiger partial charge in [0.25, 0.3) is 0 Å². The molecule has 3 aromatic rings. The van der Waals surface area contributed by atoms with Gasteiger partial charge < -0.3 is 5.32 Å². The van der Waals surface area contributed by atoms with Crippen molar-refractivity contribution < 1.29 is 17.6 Å². The molecule has 0 unspecified atom stereocenters. The number of carbonyl (C=O) groups excluding carboxylic acids is 1. The Morgan fingerprint density at radius 3 is 2.52 bits per heavy atom. The molecule has 162 valence electrons. The first kappa shape index (κ1) is 21.5. The summed E-state index contributed by atoms with van der Waals surface area (Å²) in [6, 6.07) is 12.6. The molecule has 0 aliphatic heterocycles. The lowest BCUT2D eigenvalue weighted by atomic mass is 10.2. The number of rotatable bonds is 8. The second kappa shape index (κ2) is 8.77. The number of amides is 1. The van der Waals surface area contributed by atoms with Gasteiger partial charge in [0.15, 0.2) is 11.0 Å². The van der Waals surface area contributed by atoms with Crippen molar-refractivity contribution in [3.05, 3.63) is 59.9 Å². The molecule has 31 heavy (non-hydrogen) atoms. The summed E-state index contributed by atoms with van der Waals surface area (Å²) < 4.78 is 38.7. The van der Waals surface area contributed by atoms with Gasteiger partial charge in [-0.1, -0.05) is 36.0 Å². The minimum atomic E-state index is -3.75. The molecule has 4 rings (SSSR count). The predicted molar refractivity (Wildman–Crippen MR) is 114 cm³/mol. The van der Waals surface area contributed by atoms with Crippen LogP contribution in [0.1, 0.15) is 24.4 Å². The average Bonchev–Trinajstić information content (AvgIpc) is 3.50. The first-order valence-corrected chi connectivity index (χ1v) is 12.1. The first-order chi connectivity index (χ1) is 14.8. The van der Waals surface area contributed by atoms with Gasteiger partial charge in [-0.15, -0.1) is 10.2 Å². The van der Waals surface area contributed by atoms with Crippen LogP contribution in [0.3, 0.4) is 0 Å². The highest BCUT2D eigenvalue weighted by molar-refractivity contribution is 7.99. The normalized spacial score (nSPS) is 13.9. The molecule has 2 aromatic carbocycles. The van der Waals surface area contributed by atoms with E-state index >= 15 is 0 Å². The van der Waals surface area contributed by atoms with Crippen LogP contribution in [0.25, 0.3) is 11.4 Å². The van der Waals surface area contributed by atoms with Crippen LogP contribution in [-0.4, -0.2) is 34.8 Å². The van der Waals surface area contributed by atoms with Crippen molar-refractivity contribution in [1.82, 2.24) is 20.1 Å². The van der Waals surface area contributed by atoms with E-state index in [0.29, 0.717) is 16.5 Å². The Bertz CT molecular complexity index is 1210. The van der Waals surface area contributed by atoms with Gasteiger partial charge in [-0.2, -0.15) is 0 Å². The summed E-state index contributed by atoms with van der Waals surface area (Å²) in [4.78, 5) is 12.3. The largest absolute Gasteiger partial charge is 0.351 e. The standard InChI is InChI=1S/C20H20FN5O3S2/c21-17-4-2-1-3-16(17)19-24-25-20(26(19)14-7-8-14)30-12-18(27)23-11-13-5-9-15(10-6-13)31(22,28)29/h1-6,9-10,14H,7-8,11-12H2,(H,23,27)(H2,22,28,29). The molecule has 1 aliphatic rings. The molecule has 1 aliphatic carbocycles. The Kier molecular flexibility index (Phi) is 6.08. The van der Waals surface area contributed by atoms with E-state index in [1.807, 2.05) is 4.57 Å². The predicted octanol–water partition coefficient (Wildman–Crippen LogP) is 2.48. The highest BCUT2D eigenvalue weighted by atomic mass is 32.2. The van der Waals surface area contributed by atoms with Gasteiger partial charge in [-0.25, -0.2) is 17.9 Å². The molecule has 8 nitrogen and oxygen atoms in total. The lowest BCUT2D eigenvalue weighted by Gasteiger charge is -2.10. The summed E-state index contributed by atoms with van der Waals surface area (Å²) in [7, 11) is -3.75. The van der Waals surface area contributed by atoms with Crippen LogP contribution in [0.5, 0.6) is 0 Å². The zero-order chi connectivity index (χ0) is 22.0. The van der Waals surface area contributed by atoms with Gasteiger partial charge in [-0.05, 0) is 42.7 Å². The Morgan fingerprint density at radius 2 is 1.87 bits per heavy atom. The minimum Gasteiger partial charge on any atom is -0.351 e. The van der Waals surface area contributed by atoms with Crippen LogP contribution in [-0.2, 0) is 21.4 Å². The molecular weight excluding hydrogens is 441 g/mol. The van der Waals surface area contributed by atoms with E-state index in [1.54, 1.807) is 30.3 Å². The monoisotopic (exact) mass is 461 g/mol. The molecule has 1 heterocycles. The van der Waals surface area contributed by atoms with Crippen molar-refractivity contribution in [2.75, 3.05) is 5.75 Å². The zero-order valence-electron chi connectivity index (χ0n) is 16.4. The van der Waals surface area contributed by atoms with Crippen molar-refractivity contribution in [2.24, 2.45) is 5.14 Å². The third-order valence-corrected chi connectivity index (χ3v) is 6.64. The van der Waals surface area contributed by atoms with Crippen LogP contribution in [0.2, 0.25) is 0 Å². The number of primary sulfonamides is 1. The Balaban J connectivity index is 1.38. The van der Waals surface area contributed by atoms with Crippen LogP contribution in [0.15, 0.2) is 58.6 Å². The quantitative estimate of drug-likeness (QED) is 0.497. The minimum absolute atomic E-state index is 0.0169. The van der Waals surface area contributed by atoms with Crippen LogP contribution in [0.4, 0.5) is 4.39 Å². The van der Waals surface area contributed by atoms with Gasteiger partial charge in [0.2, 0.25) is 15.9 Å². The Morgan fingerprint density at radius 1 is 1.16 bits per heavy atom. The maximum absolute atomic E-state index is 14.2. The second-order valence-electron chi connectivity index (χ2n) is 7.14. The number of thioether (sulfide) groups is 1. The third kappa shape index (κ3) is 5.12. The average molecular weight is 462 g/mol. The lowest BCUT2D eigenvalue weighted by molar-refractivity contribution is -0.118. The lowest BCUT2D eigenvalue weighted by Crippen LogP contribution is -2.24. The van der Waals surface area contributed by atoms with Crippen molar-refractivity contribution in [3.63, 3.8) is 0 Å². The Hall–Kier alpha value is -2.76. The van der Waals surface area contributed by atoms with Crippen LogP contribution < -0.4 is 10.5 Å². The summed E-state index contributed by atoms with van der Waals surface area (Å²) in [5.74, 6) is 0.0218. The number of halogens is 1. The molecule has 1 amide bonds. The fourth-order valence-corrected chi connectivity index (χ4v) is 4.39. The van der Waals surface area contributed by atoms with E-state index < -0.39 is 10.0 Å². The van der Waals surface area contributed by atoms with Gasteiger partial charge in [0.05, 0.1) is 16.2 Å². The maximum Gasteiger partial charge on any atom is 0.238 e. The van der Waals surface area contributed by atoms with Crippen molar-refractivity contribution in [2.45, 2.75) is 35.5 Å². The van der Waals surface area contributed by atoms with E-state index in [0.717, 1.165) is 18.4 Å². The smallest absolute Gasteiger partial charge is 0.238 e. The fourth-order valence-electron chi connectivity index (χ4n) is 3.04. The number of hydrogen-bond donors (Lipinski definition) is 2. The number of hydrogen-bond acceptors (Lipinski definition) is 6. The highest BCUT2D eigenvalue weighted by Gasteiger charge is 2.31. The van der Waals surface area contributed by atoms with Crippen molar-refractivity contribution in [1.29, 1.82) is 0 Å². The number of sulfonamides is 1. The summed E-state index contributed by atoms with van der Waals surface area (Å²) in [6.07, 6.45) is 1.93. The van der Waals surface area contributed by atoms with Gasteiger partial charge in [-0.3, -0.25) is 9.36 Å². The number of nitrogens with one attached hydrogen (secondary N) is 1. The molecule has 1 fully saturated rings. The summed E-state index contributed by atoms with van der Waals surface area (Å²) in [5.41, 5.74) is 1.13. The summed E-state index contributed by atoms with van der Waals surface area (Å²) in [5, 5.41) is 16.8. The SMILES string of the molecule is NS(=O)(=O)c1ccc(CNC(=O)CSc2nnc(-c3ccccc3F)n2C2CC2)cc1. The molecule has 0 bridgehead atoms. The van der Waals surface area contributed by atoms with E-state index in [9.17, 15) is 17.6 Å². The molecule has 1 aromatic heterocycles. The number of benzene rings is 2. The topological polar surface area (TPSA) is 120 Å². The number of aromatic nitrogens is 3. The van der Waals surface area contributed by atoms with E-state index in [-0.39, 0.29) is 35.0 Å². The van der Waals surface area contributed by atoms with Crippen LogP contribution in [0, 0.1) is 5.82 Å². The number of carbonyl (C=O) groups is 1. The second-order valence-corrected chi connectivity index (χ2v) is 9.65. The van der Waals surface area contributed by atoms with Gasteiger partial charge in [0.1, 0.15) is 5.82 Å². The van der Waals surface area contributed by atoms with Gasteiger partial charge in [0, 0.05) is 12.6 Å². The van der Waals surface area contributed by atoms with Crippen molar-refractivity contribution in [3.8, 4) is 11.4 Å². The molecular formula is C20H20FN5O3S2. The van der Waals surface area contributed by atoms with E-state index in [1.165, 1.54) is 30.0 Å².